The Balaban J connectivity index is 1.32. The van der Waals surface area contributed by atoms with E-state index in [4.69, 9.17) is 13.7 Å². The van der Waals surface area contributed by atoms with E-state index in [0.717, 1.165) is 12.1 Å². The molecule has 4 aromatic rings. The van der Waals surface area contributed by atoms with E-state index in [-0.39, 0.29) is 34.7 Å². The highest BCUT2D eigenvalue weighted by atomic mass is 32.2. The van der Waals surface area contributed by atoms with Crippen LogP contribution in [0.2, 0.25) is 0 Å². The number of alkyl halides is 3. The average molecular weight is 489 g/mol. The Labute approximate surface area is 196 Å². The van der Waals surface area contributed by atoms with Gasteiger partial charge in [-0.15, -0.1) is 11.8 Å². The van der Waals surface area contributed by atoms with Crippen molar-refractivity contribution in [1.82, 2.24) is 10.1 Å². The van der Waals surface area contributed by atoms with Gasteiger partial charge in [0.05, 0.1) is 24.2 Å². The number of nitrogens with one attached hydrogen (secondary N) is 1. The first-order valence-electron chi connectivity index (χ1n) is 9.94. The molecule has 176 valence electrons. The zero-order valence-corrected chi connectivity index (χ0v) is 18.6. The molecule has 2 aromatic heterocycles. The number of ether oxygens (including phenoxy) is 1. The number of amides is 1. The minimum absolute atomic E-state index is 0.0172. The third-order valence-corrected chi connectivity index (χ3v) is 5.55. The van der Waals surface area contributed by atoms with E-state index in [1.165, 1.54) is 23.9 Å². The molecule has 2 aromatic carbocycles. The van der Waals surface area contributed by atoms with Crippen molar-refractivity contribution in [2.45, 2.75) is 11.9 Å². The number of hydrogen-bond acceptors (Lipinski definition) is 7. The molecule has 0 spiro atoms. The Kier molecular flexibility index (Phi) is 6.92. The van der Waals surface area contributed by atoms with Crippen LogP contribution in [-0.2, 0) is 16.7 Å². The van der Waals surface area contributed by atoms with Crippen LogP contribution >= 0.6 is 11.8 Å². The summed E-state index contributed by atoms with van der Waals surface area (Å²) < 4.78 is 54.7. The van der Waals surface area contributed by atoms with Crippen molar-refractivity contribution in [3.8, 4) is 28.8 Å². The summed E-state index contributed by atoms with van der Waals surface area (Å²) >= 11 is 1.35. The van der Waals surface area contributed by atoms with Gasteiger partial charge in [-0.25, -0.2) is 0 Å². The molecule has 4 rings (SSSR count). The SMILES string of the molecule is COc1ccc(NC(=O)CSCc2ccc(-c3nc(-c4cccc(C(F)(F)F)c4)no3)o2)cc1. The van der Waals surface area contributed by atoms with Crippen LogP contribution in [0.5, 0.6) is 5.75 Å². The van der Waals surface area contributed by atoms with Crippen molar-refractivity contribution < 1.29 is 31.6 Å². The number of thioether (sulfide) groups is 1. The number of methoxy groups -OCH3 is 1. The number of furan rings is 1. The molecule has 34 heavy (non-hydrogen) atoms. The second-order valence-corrected chi connectivity index (χ2v) is 8.02. The lowest BCUT2D eigenvalue weighted by Crippen LogP contribution is -2.14. The highest BCUT2D eigenvalue weighted by molar-refractivity contribution is 7.99. The lowest BCUT2D eigenvalue weighted by atomic mass is 10.1. The van der Waals surface area contributed by atoms with Crippen molar-refractivity contribution in [2.75, 3.05) is 18.2 Å². The summed E-state index contributed by atoms with van der Waals surface area (Å²) in [6.45, 7) is 0. The molecule has 0 bridgehead atoms. The lowest BCUT2D eigenvalue weighted by molar-refractivity contribution is -0.137. The van der Waals surface area contributed by atoms with Gasteiger partial charge in [0, 0.05) is 11.3 Å². The molecule has 0 fully saturated rings. The fraction of sp³-hybridized carbons (Fsp3) is 0.174. The summed E-state index contributed by atoms with van der Waals surface area (Å²) in [5, 5.41) is 6.54. The van der Waals surface area contributed by atoms with Crippen LogP contribution in [0.25, 0.3) is 23.0 Å². The molecule has 1 N–H and O–H groups in total. The third-order valence-electron chi connectivity index (χ3n) is 4.60. The topological polar surface area (TPSA) is 90.4 Å². The van der Waals surface area contributed by atoms with Crippen molar-refractivity contribution in [2.24, 2.45) is 0 Å². The molecule has 0 saturated carbocycles. The van der Waals surface area contributed by atoms with E-state index in [0.29, 0.717) is 22.9 Å². The molecular formula is C23H18F3N3O4S. The number of hydrogen-bond donors (Lipinski definition) is 1. The lowest BCUT2D eigenvalue weighted by Gasteiger charge is -2.06. The fourth-order valence-corrected chi connectivity index (χ4v) is 3.68. The first-order chi connectivity index (χ1) is 16.3. The number of aromatic nitrogens is 2. The van der Waals surface area contributed by atoms with Gasteiger partial charge in [-0.3, -0.25) is 4.79 Å². The van der Waals surface area contributed by atoms with Gasteiger partial charge < -0.3 is 19.0 Å². The van der Waals surface area contributed by atoms with Crippen LogP contribution in [0.1, 0.15) is 11.3 Å². The van der Waals surface area contributed by atoms with E-state index in [1.807, 2.05) is 0 Å². The summed E-state index contributed by atoms with van der Waals surface area (Å²) in [5.41, 5.74) is 0.0411. The van der Waals surface area contributed by atoms with E-state index in [1.54, 1.807) is 43.5 Å². The molecule has 0 atom stereocenters. The fourth-order valence-electron chi connectivity index (χ4n) is 2.96. The molecule has 0 saturated heterocycles. The third kappa shape index (κ3) is 5.79. The zero-order valence-electron chi connectivity index (χ0n) is 17.8. The molecular weight excluding hydrogens is 471 g/mol. The summed E-state index contributed by atoms with van der Waals surface area (Å²) in [6.07, 6.45) is -4.47. The highest BCUT2D eigenvalue weighted by Crippen LogP contribution is 2.32. The van der Waals surface area contributed by atoms with Crippen molar-refractivity contribution in [1.29, 1.82) is 0 Å². The summed E-state index contributed by atoms with van der Waals surface area (Å²) in [5.74, 6) is 2.09. The van der Waals surface area contributed by atoms with Crippen molar-refractivity contribution in [3.63, 3.8) is 0 Å². The van der Waals surface area contributed by atoms with E-state index >= 15 is 0 Å². The number of nitrogens with zero attached hydrogens (tertiary/aromatic N) is 2. The predicted octanol–water partition coefficient (Wildman–Crippen LogP) is 5.90. The maximum absolute atomic E-state index is 12.9. The normalized spacial score (nSPS) is 11.4. The van der Waals surface area contributed by atoms with Crippen LogP contribution in [0.3, 0.4) is 0 Å². The molecule has 0 aliphatic rings. The van der Waals surface area contributed by atoms with Crippen LogP contribution in [0.15, 0.2) is 69.6 Å². The smallest absolute Gasteiger partial charge is 0.416 e. The van der Waals surface area contributed by atoms with Crippen molar-refractivity contribution >= 4 is 23.4 Å². The van der Waals surface area contributed by atoms with Crippen molar-refractivity contribution in [3.05, 3.63) is 72.0 Å². The van der Waals surface area contributed by atoms with Gasteiger partial charge in [-0.05, 0) is 48.5 Å². The number of anilines is 1. The largest absolute Gasteiger partial charge is 0.497 e. The van der Waals surface area contributed by atoms with E-state index in [9.17, 15) is 18.0 Å². The molecule has 1 amide bonds. The summed E-state index contributed by atoms with van der Waals surface area (Å²) in [6, 6.07) is 15.0. The van der Waals surface area contributed by atoms with Gasteiger partial charge in [-0.2, -0.15) is 18.2 Å². The number of carbonyl (C=O) groups excluding carboxylic acids is 1. The number of rotatable bonds is 8. The first kappa shape index (κ1) is 23.4. The standard InChI is InChI=1S/C23H18F3N3O4S/c1-31-17-7-5-16(6-8-17)27-20(30)13-34-12-18-9-10-19(32-18)22-28-21(29-33-22)14-3-2-4-15(11-14)23(24,25)26/h2-11H,12-13H2,1H3,(H,27,30). The van der Waals surface area contributed by atoms with Crippen LogP contribution in [0, 0.1) is 0 Å². The molecule has 0 radical (unpaired) electrons. The van der Waals surface area contributed by atoms with Gasteiger partial charge in [0.25, 0.3) is 5.89 Å². The molecule has 0 unspecified atom stereocenters. The Morgan fingerprint density at radius 2 is 1.91 bits per heavy atom. The van der Waals surface area contributed by atoms with Gasteiger partial charge >= 0.3 is 6.18 Å². The number of carbonyl (C=O) groups is 1. The average Bonchev–Trinajstić information content (AvgIpc) is 3.49. The maximum Gasteiger partial charge on any atom is 0.416 e. The Hall–Kier alpha value is -3.73. The molecule has 11 heteroatoms. The summed E-state index contributed by atoms with van der Waals surface area (Å²) in [7, 11) is 1.57. The highest BCUT2D eigenvalue weighted by Gasteiger charge is 2.30. The van der Waals surface area contributed by atoms with Gasteiger partial charge in [0.1, 0.15) is 11.5 Å². The van der Waals surface area contributed by atoms with Crippen LogP contribution in [0.4, 0.5) is 18.9 Å². The minimum atomic E-state index is -4.47. The Morgan fingerprint density at radius 3 is 2.65 bits per heavy atom. The minimum Gasteiger partial charge on any atom is -0.497 e. The van der Waals surface area contributed by atoms with Crippen LogP contribution < -0.4 is 10.1 Å². The summed E-state index contributed by atoms with van der Waals surface area (Å²) in [4.78, 5) is 16.2. The van der Waals surface area contributed by atoms with E-state index in [2.05, 4.69) is 15.5 Å². The molecule has 0 aliphatic carbocycles. The quantitative estimate of drug-likeness (QED) is 0.330. The second kappa shape index (κ2) is 10.0. The van der Waals surface area contributed by atoms with Crippen LogP contribution in [-0.4, -0.2) is 28.9 Å². The Morgan fingerprint density at radius 1 is 1.12 bits per heavy atom. The maximum atomic E-state index is 12.9. The van der Waals surface area contributed by atoms with Gasteiger partial charge in [-0.1, -0.05) is 17.3 Å². The molecule has 2 heterocycles. The Bertz CT molecular complexity index is 1270. The van der Waals surface area contributed by atoms with Gasteiger partial charge in [0.15, 0.2) is 5.76 Å². The van der Waals surface area contributed by atoms with Gasteiger partial charge in [0.2, 0.25) is 11.7 Å². The first-order valence-corrected chi connectivity index (χ1v) is 11.1. The molecule has 0 aliphatic heterocycles. The molecule has 7 nitrogen and oxygen atoms in total. The van der Waals surface area contributed by atoms with E-state index < -0.39 is 11.7 Å². The monoisotopic (exact) mass is 489 g/mol. The zero-order chi connectivity index (χ0) is 24.1. The number of benzene rings is 2. The number of halogens is 3. The predicted molar refractivity (Wildman–Crippen MR) is 120 cm³/mol. The second-order valence-electron chi connectivity index (χ2n) is 7.04.